The molecule has 0 radical (unpaired) electrons. The lowest BCUT2D eigenvalue weighted by molar-refractivity contribution is 0.318. The SMILES string of the molecule is CCCNC(c1oc2ccc(F)cc2c1C)C1CCCC1. The van der Waals surface area contributed by atoms with Gasteiger partial charge in [-0.05, 0) is 56.8 Å². The van der Waals surface area contributed by atoms with Gasteiger partial charge in [-0.1, -0.05) is 19.8 Å². The molecular formula is C18H24FNO. The molecule has 3 heteroatoms. The van der Waals surface area contributed by atoms with Gasteiger partial charge in [0, 0.05) is 10.9 Å². The van der Waals surface area contributed by atoms with Crippen molar-refractivity contribution >= 4 is 11.0 Å². The molecule has 1 saturated carbocycles. The zero-order chi connectivity index (χ0) is 14.8. The number of rotatable bonds is 5. The molecule has 1 N–H and O–H groups in total. The molecule has 2 aromatic rings. The predicted octanol–water partition coefficient (Wildman–Crippen LogP) is 5.11. The first-order valence-electron chi connectivity index (χ1n) is 8.12. The number of hydrogen-bond donors (Lipinski definition) is 1. The van der Waals surface area contributed by atoms with Gasteiger partial charge in [-0.15, -0.1) is 0 Å². The Morgan fingerprint density at radius 2 is 2.10 bits per heavy atom. The Labute approximate surface area is 125 Å². The topological polar surface area (TPSA) is 25.2 Å². The second-order valence-corrected chi connectivity index (χ2v) is 6.21. The Morgan fingerprint density at radius 3 is 2.81 bits per heavy atom. The lowest BCUT2D eigenvalue weighted by Crippen LogP contribution is -2.28. The van der Waals surface area contributed by atoms with Crippen molar-refractivity contribution in [1.29, 1.82) is 0 Å². The second kappa shape index (κ2) is 6.18. The third-order valence-electron chi connectivity index (χ3n) is 4.70. The Balaban J connectivity index is 1.99. The van der Waals surface area contributed by atoms with Gasteiger partial charge in [0.1, 0.15) is 17.2 Å². The van der Waals surface area contributed by atoms with Crippen molar-refractivity contribution < 1.29 is 8.81 Å². The van der Waals surface area contributed by atoms with Crippen LogP contribution in [0.4, 0.5) is 4.39 Å². The zero-order valence-corrected chi connectivity index (χ0v) is 12.9. The molecule has 0 aliphatic heterocycles. The van der Waals surface area contributed by atoms with Crippen LogP contribution in [0.25, 0.3) is 11.0 Å². The normalized spacial score (nSPS) is 17.7. The predicted molar refractivity (Wildman–Crippen MR) is 83.9 cm³/mol. The van der Waals surface area contributed by atoms with Crippen LogP contribution in [0.15, 0.2) is 22.6 Å². The van der Waals surface area contributed by atoms with Crippen molar-refractivity contribution in [1.82, 2.24) is 5.32 Å². The van der Waals surface area contributed by atoms with Gasteiger partial charge in [-0.2, -0.15) is 0 Å². The van der Waals surface area contributed by atoms with Crippen LogP contribution in [0, 0.1) is 18.7 Å². The fourth-order valence-corrected chi connectivity index (χ4v) is 3.57. The first-order valence-corrected chi connectivity index (χ1v) is 8.12. The van der Waals surface area contributed by atoms with E-state index in [1.165, 1.54) is 31.7 Å². The Bertz CT molecular complexity index is 613. The Morgan fingerprint density at radius 1 is 1.33 bits per heavy atom. The Hall–Kier alpha value is -1.35. The summed E-state index contributed by atoms with van der Waals surface area (Å²) in [7, 11) is 0. The van der Waals surface area contributed by atoms with E-state index in [2.05, 4.69) is 19.2 Å². The fraction of sp³-hybridized carbons (Fsp3) is 0.556. The molecule has 0 bridgehead atoms. The first kappa shape index (κ1) is 14.6. The van der Waals surface area contributed by atoms with Gasteiger partial charge in [0.25, 0.3) is 0 Å². The summed E-state index contributed by atoms with van der Waals surface area (Å²) in [5.41, 5.74) is 1.88. The summed E-state index contributed by atoms with van der Waals surface area (Å²) in [5, 5.41) is 4.57. The highest BCUT2D eigenvalue weighted by molar-refractivity contribution is 5.82. The number of furan rings is 1. The summed E-state index contributed by atoms with van der Waals surface area (Å²) in [6.07, 6.45) is 6.24. The molecular weight excluding hydrogens is 265 g/mol. The van der Waals surface area contributed by atoms with Crippen LogP contribution in [0.5, 0.6) is 0 Å². The highest BCUT2D eigenvalue weighted by atomic mass is 19.1. The standard InChI is InChI=1S/C18H24FNO/c1-3-10-20-17(13-6-4-5-7-13)18-12(2)15-11-14(19)8-9-16(15)21-18/h8-9,11,13,17,20H,3-7,10H2,1-2H3. The maximum atomic E-state index is 13.5. The summed E-state index contributed by atoms with van der Waals surface area (Å²) >= 11 is 0. The molecule has 114 valence electrons. The summed E-state index contributed by atoms with van der Waals surface area (Å²) in [6.45, 7) is 5.22. The minimum atomic E-state index is -0.197. The van der Waals surface area contributed by atoms with Crippen molar-refractivity contribution in [3.05, 3.63) is 35.3 Å². The number of nitrogens with one attached hydrogen (secondary N) is 1. The number of hydrogen-bond acceptors (Lipinski definition) is 2. The lowest BCUT2D eigenvalue weighted by Gasteiger charge is -2.23. The maximum Gasteiger partial charge on any atom is 0.134 e. The minimum absolute atomic E-state index is 0.197. The van der Waals surface area contributed by atoms with Gasteiger partial charge in [0.05, 0.1) is 6.04 Å². The van der Waals surface area contributed by atoms with E-state index in [4.69, 9.17) is 4.42 Å². The minimum Gasteiger partial charge on any atom is -0.459 e. The molecule has 21 heavy (non-hydrogen) atoms. The number of benzene rings is 1. The van der Waals surface area contributed by atoms with E-state index in [1.54, 1.807) is 12.1 Å². The molecule has 0 saturated heterocycles. The lowest BCUT2D eigenvalue weighted by atomic mass is 9.93. The van der Waals surface area contributed by atoms with Crippen molar-refractivity contribution in [2.24, 2.45) is 5.92 Å². The molecule has 0 spiro atoms. The smallest absolute Gasteiger partial charge is 0.134 e. The molecule has 1 fully saturated rings. The highest BCUT2D eigenvalue weighted by Crippen LogP contribution is 2.39. The summed E-state index contributed by atoms with van der Waals surface area (Å²) in [4.78, 5) is 0. The number of fused-ring (bicyclic) bond motifs is 1. The fourth-order valence-electron chi connectivity index (χ4n) is 3.57. The average Bonchev–Trinajstić information content (AvgIpc) is 3.10. The van der Waals surface area contributed by atoms with Gasteiger partial charge in [0.2, 0.25) is 0 Å². The van der Waals surface area contributed by atoms with Crippen molar-refractivity contribution in [2.45, 2.75) is 52.0 Å². The van der Waals surface area contributed by atoms with Crippen LogP contribution in [-0.2, 0) is 0 Å². The van der Waals surface area contributed by atoms with E-state index < -0.39 is 0 Å². The molecule has 0 amide bonds. The molecule has 3 rings (SSSR count). The van der Waals surface area contributed by atoms with Crippen LogP contribution in [0.2, 0.25) is 0 Å². The zero-order valence-electron chi connectivity index (χ0n) is 12.9. The van der Waals surface area contributed by atoms with Crippen LogP contribution < -0.4 is 5.32 Å². The van der Waals surface area contributed by atoms with Crippen LogP contribution in [0.3, 0.4) is 0 Å². The van der Waals surface area contributed by atoms with Gasteiger partial charge in [0.15, 0.2) is 0 Å². The van der Waals surface area contributed by atoms with Crippen molar-refractivity contribution in [3.8, 4) is 0 Å². The van der Waals surface area contributed by atoms with E-state index in [9.17, 15) is 4.39 Å². The largest absolute Gasteiger partial charge is 0.459 e. The number of aryl methyl sites for hydroxylation is 1. The molecule has 1 unspecified atom stereocenters. The molecule has 1 heterocycles. The van der Waals surface area contributed by atoms with Crippen molar-refractivity contribution in [3.63, 3.8) is 0 Å². The Kier molecular flexibility index (Phi) is 4.29. The van der Waals surface area contributed by atoms with Gasteiger partial charge >= 0.3 is 0 Å². The summed E-state index contributed by atoms with van der Waals surface area (Å²) in [5.74, 6) is 1.45. The number of halogens is 1. The first-order chi connectivity index (χ1) is 10.2. The highest BCUT2D eigenvalue weighted by Gasteiger charge is 2.30. The van der Waals surface area contributed by atoms with E-state index in [-0.39, 0.29) is 11.9 Å². The van der Waals surface area contributed by atoms with E-state index in [1.807, 2.05) is 0 Å². The summed E-state index contributed by atoms with van der Waals surface area (Å²) in [6, 6.07) is 5.07. The van der Waals surface area contributed by atoms with Crippen LogP contribution in [0.1, 0.15) is 56.4 Å². The molecule has 1 aliphatic rings. The van der Waals surface area contributed by atoms with Gasteiger partial charge < -0.3 is 9.73 Å². The van der Waals surface area contributed by atoms with Gasteiger partial charge in [-0.25, -0.2) is 4.39 Å². The van der Waals surface area contributed by atoms with Gasteiger partial charge in [-0.3, -0.25) is 0 Å². The maximum absolute atomic E-state index is 13.5. The summed E-state index contributed by atoms with van der Waals surface area (Å²) < 4.78 is 19.6. The molecule has 1 aromatic heterocycles. The molecule has 1 aliphatic carbocycles. The van der Waals surface area contributed by atoms with Crippen molar-refractivity contribution in [2.75, 3.05) is 6.54 Å². The monoisotopic (exact) mass is 289 g/mol. The molecule has 1 atom stereocenters. The quantitative estimate of drug-likeness (QED) is 0.827. The van der Waals surface area contributed by atoms with E-state index >= 15 is 0 Å². The average molecular weight is 289 g/mol. The van der Waals surface area contributed by atoms with E-state index in [0.29, 0.717) is 5.92 Å². The van der Waals surface area contributed by atoms with E-state index in [0.717, 1.165) is 35.3 Å². The second-order valence-electron chi connectivity index (χ2n) is 6.21. The molecule has 2 nitrogen and oxygen atoms in total. The van der Waals surface area contributed by atoms with Crippen LogP contribution >= 0.6 is 0 Å². The third kappa shape index (κ3) is 2.84. The van der Waals surface area contributed by atoms with Crippen LogP contribution in [-0.4, -0.2) is 6.54 Å². The third-order valence-corrected chi connectivity index (χ3v) is 4.70. The molecule has 1 aromatic carbocycles.